The fourth-order valence-electron chi connectivity index (χ4n) is 1.99. The predicted octanol–water partition coefficient (Wildman–Crippen LogP) is 0.157. The van der Waals surface area contributed by atoms with Crippen LogP contribution in [0.15, 0.2) is 17.0 Å². The second-order valence-electron chi connectivity index (χ2n) is 5.02. The van der Waals surface area contributed by atoms with Gasteiger partial charge in [-0.15, -0.1) is 4.83 Å². The molecule has 0 atom stereocenters. The van der Waals surface area contributed by atoms with Crippen LogP contribution in [0, 0.1) is 12.7 Å². The first-order valence-electron chi connectivity index (χ1n) is 6.31. The van der Waals surface area contributed by atoms with Crippen LogP contribution in [0.25, 0.3) is 0 Å². The Morgan fingerprint density at radius 3 is 2.45 bits per heavy atom. The lowest BCUT2D eigenvalue weighted by atomic mass is 10.2. The highest BCUT2D eigenvalue weighted by molar-refractivity contribution is 7.89. The van der Waals surface area contributed by atoms with Crippen molar-refractivity contribution < 1.29 is 12.8 Å². The van der Waals surface area contributed by atoms with Crippen molar-refractivity contribution in [2.45, 2.75) is 11.8 Å². The molecule has 0 amide bonds. The molecule has 1 aromatic carbocycles. The second-order valence-corrected chi connectivity index (χ2v) is 6.65. The smallest absolute Gasteiger partial charge is 0.256 e. The zero-order valence-electron chi connectivity index (χ0n) is 11.6. The van der Waals surface area contributed by atoms with Gasteiger partial charge in [0.25, 0.3) is 10.0 Å². The Morgan fingerprint density at radius 2 is 1.85 bits per heavy atom. The van der Waals surface area contributed by atoms with Crippen LogP contribution in [-0.2, 0) is 10.0 Å². The van der Waals surface area contributed by atoms with Crippen LogP contribution in [0.2, 0.25) is 0 Å². The highest BCUT2D eigenvalue weighted by atomic mass is 32.2. The van der Waals surface area contributed by atoms with E-state index in [0.29, 0.717) is 18.7 Å². The molecule has 3 N–H and O–H groups in total. The average Bonchev–Trinajstić information content (AvgIpc) is 2.36. The van der Waals surface area contributed by atoms with E-state index in [2.05, 4.69) is 9.73 Å². The third-order valence-corrected chi connectivity index (χ3v) is 4.75. The summed E-state index contributed by atoms with van der Waals surface area (Å²) in [5, 5.41) is 1.57. The van der Waals surface area contributed by atoms with Crippen molar-refractivity contribution in [3.63, 3.8) is 0 Å². The number of hydrazine groups is 1. The van der Waals surface area contributed by atoms with Crippen LogP contribution in [0.3, 0.4) is 0 Å². The minimum Gasteiger partial charge on any atom is -0.398 e. The van der Waals surface area contributed by atoms with Gasteiger partial charge in [-0.2, -0.15) is 0 Å². The van der Waals surface area contributed by atoms with Gasteiger partial charge in [0.05, 0.1) is 0 Å². The summed E-state index contributed by atoms with van der Waals surface area (Å²) in [4.78, 5) is 4.08. The maximum Gasteiger partial charge on any atom is 0.256 e. The topological polar surface area (TPSA) is 78.7 Å². The number of hydrogen-bond acceptors (Lipinski definition) is 5. The molecule has 0 saturated carbocycles. The maximum atomic E-state index is 13.8. The van der Waals surface area contributed by atoms with Crippen molar-refractivity contribution in [2.24, 2.45) is 0 Å². The molecule has 6 nitrogen and oxygen atoms in total. The molecule has 0 unspecified atom stereocenters. The van der Waals surface area contributed by atoms with Gasteiger partial charge in [-0.05, 0) is 31.7 Å². The van der Waals surface area contributed by atoms with Gasteiger partial charge in [-0.3, -0.25) is 0 Å². The van der Waals surface area contributed by atoms with E-state index in [-0.39, 0.29) is 5.69 Å². The van der Waals surface area contributed by atoms with Gasteiger partial charge in [0.1, 0.15) is 10.7 Å². The van der Waals surface area contributed by atoms with Crippen molar-refractivity contribution in [3.05, 3.63) is 23.5 Å². The van der Waals surface area contributed by atoms with Crippen molar-refractivity contribution in [2.75, 3.05) is 39.0 Å². The number of nitrogens with two attached hydrogens (primary N) is 1. The Morgan fingerprint density at radius 1 is 1.25 bits per heavy atom. The predicted molar refractivity (Wildman–Crippen MR) is 74.9 cm³/mol. The van der Waals surface area contributed by atoms with E-state index in [0.717, 1.165) is 25.2 Å². The number of anilines is 1. The van der Waals surface area contributed by atoms with Gasteiger partial charge in [0.15, 0.2) is 0 Å². The summed E-state index contributed by atoms with van der Waals surface area (Å²) in [6.45, 7) is 4.24. The summed E-state index contributed by atoms with van der Waals surface area (Å²) < 4.78 is 38.2. The molecule has 1 aromatic rings. The monoisotopic (exact) mass is 302 g/mol. The SMILES string of the molecule is Cc1cc(F)c(S(=O)(=O)NN2CCN(C)CC2)cc1N. The molecule has 0 radical (unpaired) electrons. The van der Waals surface area contributed by atoms with Crippen LogP contribution in [0.1, 0.15) is 5.56 Å². The maximum absolute atomic E-state index is 13.8. The van der Waals surface area contributed by atoms with E-state index in [1.165, 1.54) is 0 Å². The standard InChI is InChI=1S/C12H19FN4O2S/c1-9-7-10(13)12(8-11(9)14)20(18,19)15-17-5-3-16(2)4-6-17/h7-8,15H,3-6,14H2,1-2H3. The van der Waals surface area contributed by atoms with Crippen molar-refractivity contribution >= 4 is 15.7 Å². The van der Waals surface area contributed by atoms with Crippen LogP contribution >= 0.6 is 0 Å². The number of nitrogen functional groups attached to an aromatic ring is 1. The highest BCUT2D eigenvalue weighted by Gasteiger charge is 2.24. The molecule has 1 heterocycles. The zero-order chi connectivity index (χ0) is 14.9. The number of nitrogens with zero attached hydrogens (tertiary/aromatic N) is 2. The normalized spacial score (nSPS) is 18.4. The highest BCUT2D eigenvalue weighted by Crippen LogP contribution is 2.21. The number of rotatable bonds is 3. The third kappa shape index (κ3) is 3.26. The third-order valence-electron chi connectivity index (χ3n) is 3.36. The fourth-order valence-corrected chi connectivity index (χ4v) is 3.21. The first kappa shape index (κ1) is 15.2. The number of nitrogens with one attached hydrogen (secondary N) is 1. The summed E-state index contributed by atoms with van der Waals surface area (Å²) in [7, 11) is -1.98. The average molecular weight is 302 g/mol. The van der Waals surface area contributed by atoms with E-state index in [9.17, 15) is 12.8 Å². The minimum absolute atomic E-state index is 0.255. The first-order chi connectivity index (χ1) is 9.29. The van der Waals surface area contributed by atoms with Gasteiger partial charge in [0, 0.05) is 31.9 Å². The summed E-state index contributed by atoms with van der Waals surface area (Å²) in [5.74, 6) is -0.793. The number of benzene rings is 1. The second kappa shape index (κ2) is 5.65. The van der Waals surface area contributed by atoms with E-state index in [4.69, 9.17) is 5.73 Å². The number of sulfonamides is 1. The van der Waals surface area contributed by atoms with Gasteiger partial charge in [0.2, 0.25) is 0 Å². The molecule has 1 aliphatic rings. The molecule has 20 heavy (non-hydrogen) atoms. The van der Waals surface area contributed by atoms with Crippen LogP contribution < -0.4 is 10.6 Å². The Bertz CT molecular complexity index is 598. The summed E-state index contributed by atoms with van der Waals surface area (Å²) in [5.41, 5.74) is 6.43. The van der Waals surface area contributed by atoms with Crippen molar-refractivity contribution in [1.82, 2.24) is 14.7 Å². The molecular formula is C12H19FN4O2S. The molecule has 1 aliphatic heterocycles. The fraction of sp³-hybridized carbons (Fsp3) is 0.500. The van der Waals surface area contributed by atoms with Gasteiger partial charge < -0.3 is 10.6 Å². The van der Waals surface area contributed by atoms with Crippen LogP contribution in [-0.4, -0.2) is 51.6 Å². The number of likely N-dealkylation sites (N-methyl/N-ethyl adjacent to an activating group) is 1. The molecule has 0 spiro atoms. The Kier molecular flexibility index (Phi) is 4.28. The molecular weight excluding hydrogens is 283 g/mol. The summed E-state index contributed by atoms with van der Waals surface area (Å²) >= 11 is 0. The quantitative estimate of drug-likeness (QED) is 0.778. The first-order valence-corrected chi connectivity index (χ1v) is 7.79. The van der Waals surface area contributed by atoms with Gasteiger partial charge in [-0.25, -0.2) is 17.8 Å². The largest absolute Gasteiger partial charge is 0.398 e. The lowest BCUT2D eigenvalue weighted by molar-refractivity contribution is 0.134. The number of hydrogen-bond donors (Lipinski definition) is 2. The Balaban J connectivity index is 2.20. The van der Waals surface area contributed by atoms with E-state index < -0.39 is 20.7 Å². The van der Waals surface area contributed by atoms with Crippen LogP contribution in [0.4, 0.5) is 10.1 Å². The molecule has 1 fully saturated rings. The molecule has 8 heteroatoms. The lowest BCUT2D eigenvalue weighted by Gasteiger charge is -2.32. The molecule has 1 saturated heterocycles. The minimum atomic E-state index is -3.94. The van der Waals surface area contributed by atoms with Gasteiger partial charge >= 0.3 is 0 Å². The molecule has 0 aliphatic carbocycles. The van der Waals surface area contributed by atoms with E-state index in [1.807, 2.05) is 7.05 Å². The summed E-state index contributed by atoms with van der Waals surface area (Å²) in [6.07, 6.45) is 0. The Labute approximate surface area is 118 Å². The van der Waals surface area contributed by atoms with E-state index >= 15 is 0 Å². The van der Waals surface area contributed by atoms with Crippen molar-refractivity contribution in [3.8, 4) is 0 Å². The van der Waals surface area contributed by atoms with Crippen molar-refractivity contribution in [1.29, 1.82) is 0 Å². The molecule has 0 bridgehead atoms. The number of aryl methyl sites for hydroxylation is 1. The lowest BCUT2D eigenvalue weighted by Crippen LogP contribution is -2.52. The zero-order valence-corrected chi connectivity index (χ0v) is 12.4. The molecule has 0 aromatic heterocycles. The molecule has 112 valence electrons. The van der Waals surface area contributed by atoms with Crippen LogP contribution in [0.5, 0.6) is 0 Å². The van der Waals surface area contributed by atoms with E-state index in [1.54, 1.807) is 11.9 Å². The number of piperazine rings is 1. The van der Waals surface area contributed by atoms with Gasteiger partial charge in [-0.1, -0.05) is 0 Å². The summed E-state index contributed by atoms with van der Waals surface area (Å²) in [6, 6.07) is 2.29. The Hall–Kier alpha value is -1.22. The number of halogens is 1. The molecule has 2 rings (SSSR count).